The number of rotatable bonds is 1. The van der Waals surface area contributed by atoms with Crippen molar-refractivity contribution in [2.75, 3.05) is 0 Å². The second kappa shape index (κ2) is 2.26. The van der Waals surface area contributed by atoms with Crippen LogP contribution >= 0.6 is 23.2 Å². The molecular formula is C2H4Cl2N2. The SMILES string of the molecule is N=C(N)C(Cl)Cl. The summed E-state index contributed by atoms with van der Waals surface area (Å²) in [5, 5.41) is 6.46. The molecule has 0 heterocycles. The van der Waals surface area contributed by atoms with Crippen LogP contribution in [0.1, 0.15) is 0 Å². The summed E-state index contributed by atoms with van der Waals surface area (Å²) in [6, 6.07) is 0. The molecule has 0 rings (SSSR count). The van der Waals surface area contributed by atoms with Crippen molar-refractivity contribution in [3.63, 3.8) is 0 Å². The second-order valence-electron chi connectivity index (χ2n) is 0.756. The highest BCUT2D eigenvalue weighted by atomic mass is 35.5. The predicted molar refractivity (Wildman–Crippen MR) is 27.4 cm³/mol. The van der Waals surface area contributed by atoms with Gasteiger partial charge in [-0.1, -0.05) is 23.2 Å². The summed E-state index contributed by atoms with van der Waals surface area (Å²) in [5.41, 5.74) is 4.75. The van der Waals surface area contributed by atoms with E-state index in [1.807, 2.05) is 0 Å². The molecule has 0 fully saturated rings. The smallest absolute Gasteiger partial charge is 0.163 e. The van der Waals surface area contributed by atoms with Crippen LogP contribution in [0.15, 0.2) is 0 Å². The van der Waals surface area contributed by atoms with E-state index in [2.05, 4.69) is 0 Å². The molecule has 2 nitrogen and oxygen atoms in total. The van der Waals surface area contributed by atoms with Crippen molar-refractivity contribution in [3.05, 3.63) is 0 Å². The van der Waals surface area contributed by atoms with Crippen molar-refractivity contribution < 1.29 is 0 Å². The van der Waals surface area contributed by atoms with E-state index in [0.29, 0.717) is 0 Å². The Morgan fingerprint density at radius 1 is 1.67 bits per heavy atom. The molecule has 0 aromatic carbocycles. The fourth-order valence-corrected chi connectivity index (χ4v) is 0. The van der Waals surface area contributed by atoms with Crippen molar-refractivity contribution in [1.29, 1.82) is 5.41 Å². The first-order valence-corrected chi connectivity index (χ1v) is 2.14. The molecule has 36 valence electrons. The zero-order valence-corrected chi connectivity index (χ0v) is 4.42. The zero-order chi connectivity index (χ0) is 5.15. The Kier molecular flexibility index (Phi) is 2.28. The van der Waals surface area contributed by atoms with Gasteiger partial charge < -0.3 is 5.73 Å². The lowest BCUT2D eigenvalue weighted by Crippen LogP contribution is -2.16. The minimum absolute atomic E-state index is 0.210. The van der Waals surface area contributed by atoms with Gasteiger partial charge in [-0.3, -0.25) is 5.41 Å². The molecule has 0 aromatic rings. The molecule has 0 atom stereocenters. The van der Waals surface area contributed by atoms with Crippen LogP contribution in [0.4, 0.5) is 0 Å². The van der Waals surface area contributed by atoms with E-state index in [-0.39, 0.29) is 5.84 Å². The molecule has 0 aliphatic heterocycles. The third-order valence-electron chi connectivity index (χ3n) is 0.235. The molecule has 4 heteroatoms. The average Bonchev–Trinajstić information content (AvgIpc) is 1.36. The van der Waals surface area contributed by atoms with E-state index < -0.39 is 4.84 Å². The van der Waals surface area contributed by atoms with Crippen molar-refractivity contribution in [2.45, 2.75) is 4.84 Å². The van der Waals surface area contributed by atoms with Crippen LogP contribution in [0, 0.1) is 5.41 Å². The van der Waals surface area contributed by atoms with Gasteiger partial charge in [0, 0.05) is 0 Å². The largest absolute Gasteiger partial charge is 0.385 e. The molecule has 0 saturated heterocycles. The predicted octanol–water partition coefficient (Wildman–Crippen LogP) is 0.726. The van der Waals surface area contributed by atoms with Crippen molar-refractivity contribution in [3.8, 4) is 0 Å². The van der Waals surface area contributed by atoms with Gasteiger partial charge in [0.1, 0.15) is 5.84 Å². The summed E-state index contributed by atoms with van der Waals surface area (Å²) in [7, 11) is 0. The number of alkyl halides is 2. The Bertz CT molecular complexity index is 60.6. The van der Waals surface area contributed by atoms with Crippen molar-refractivity contribution >= 4 is 29.0 Å². The molecule has 0 saturated carbocycles. The Balaban J connectivity index is 3.26. The van der Waals surface area contributed by atoms with Gasteiger partial charge in [0.15, 0.2) is 4.84 Å². The summed E-state index contributed by atoms with van der Waals surface area (Å²) in [6.45, 7) is 0. The topological polar surface area (TPSA) is 49.9 Å². The number of nitrogens with two attached hydrogens (primary N) is 1. The number of amidine groups is 1. The van der Waals surface area contributed by atoms with E-state index in [4.69, 9.17) is 34.3 Å². The third-order valence-corrected chi connectivity index (χ3v) is 0.705. The van der Waals surface area contributed by atoms with E-state index in [1.165, 1.54) is 0 Å². The molecule has 0 aromatic heterocycles. The zero-order valence-electron chi connectivity index (χ0n) is 2.91. The normalized spacial score (nSPS) is 9.17. The van der Waals surface area contributed by atoms with Gasteiger partial charge in [-0.2, -0.15) is 0 Å². The highest BCUT2D eigenvalue weighted by Crippen LogP contribution is 1.97. The maximum absolute atomic E-state index is 6.46. The lowest BCUT2D eigenvalue weighted by molar-refractivity contribution is 1.39. The first kappa shape index (κ1) is 6.05. The molecule has 3 N–H and O–H groups in total. The van der Waals surface area contributed by atoms with Gasteiger partial charge in [0.2, 0.25) is 0 Å². The third kappa shape index (κ3) is 2.30. The van der Waals surface area contributed by atoms with Gasteiger partial charge >= 0.3 is 0 Å². The minimum Gasteiger partial charge on any atom is -0.385 e. The second-order valence-corrected chi connectivity index (χ2v) is 1.85. The summed E-state index contributed by atoms with van der Waals surface area (Å²) in [6.07, 6.45) is 0. The molecule has 0 amide bonds. The molecular weight excluding hydrogens is 123 g/mol. The fourth-order valence-electron chi connectivity index (χ4n) is 0. The van der Waals surface area contributed by atoms with Gasteiger partial charge in [0.25, 0.3) is 0 Å². The van der Waals surface area contributed by atoms with Crippen molar-refractivity contribution in [2.24, 2.45) is 5.73 Å². The van der Waals surface area contributed by atoms with Crippen LogP contribution in [0.3, 0.4) is 0 Å². The average molecular weight is 127 g/mol. The lowest BCUT2D eigenvalue weighted by atomic mass is 10.7. The Hall–Kier alpha value is 0.0500. The maximum atomic E-state index is 6.46. The summed E-state index contributed by atoms with van der Waals surface area (Å²) in [5.74, 6) is -0.210. The quantitative estimate of drug-likeness (QED) is 0.304. The van der Waals surface area contributed by atoms with Gasteiger partial charge in [-0.15, -0.1) is 0 Å². The maximum Gasteiger partial charge on any atom is 0.163 e. The fraction of sp³-hybridized carbons (Fsp3) is 0.500. The van der Waals surface area contributed by atoms with E-state index in [1.54, 1.807) is 0 Å². The number of hydrogen-bond acceptors (Lipinski definition) is 1. The number of nitrogens with one attached hydrogen (secondary N) is 1. The molecule has 0 spiro atoms. The highest BCUT2D eigenvalue weighted by molar-refractivity contribution is 6.53. The monoisotopic (exact) mass is 126 g/mol. The summed E-state index contributed by atoms with van der Waals surface area (Å²) in [4.78, 5) is -0.843. The Morgan fingerprint density at radius 2 is 1.83 bits per heavy atom. The molecule has 0 bridgehead atoms. The first-order valence-electron chi connectivity index (χ1n) is 1.26. The van der Waals surface area contributed by atoms with Gasteiger partial charge in [-0.05, 0) is 0 Å². The van der Waals surface area contributed by atoms with Crippen LogP contribution < -0.4 is 5.73 Å². The minimum atomic E-state index is -0.843. The molecule has 6 heavy (non-hydrogen) atoms. The Labute approximate surface area is 45.7 Å². The first-order chi connectivity index (χ1) is 2.64. The van der Waals surface area contributed by atoms with Crippen LogP contribution in [-0.4, -0.2) is 10.7 Å². The standard InChI is InChI=1S/C2H4Cl2N2/c3-1(4)2(5)6/h1H,(H3,5,6). The highest BCUT2D eigenvalue weighted by Gasteiger charge is 1.97. The van der Waals surface area contributed by atoms with E-state index in [9.17, 15) is 0 Å². The molecule has 0 unspecified atom stereocenters. The van der Waals surface area contributed by atoms with Crippen LogP contribution in [0.2, 0.25) is 0 Å². The van der Waals surface area contributed by atoms with Gasteiger partial charge in [-0.25, -0.2) is 0 Å². The van der Waals surface area contributed by atoms with Crippen molar-refractivity contribution in [1.82, 2.24) is 0 Å². The van der Waals surface area contributed by atoms with Gasteiger partial charge in [0.05, 0.1) is 0 Å². The summed E-state index contributed by atoms with van der Waals surface area (Å²) < 4.78 is 0. The number of halogens is 2. The number of hydrogen-bond donors (Lipinski definition) is 2. The lowest BCUT2D eigenvalue weighted by Gasteiger charge is -1.90. The molecule has 0 aliphatic rings. The van der Waals surface area contributed by atoms with Crippen LogP contribution in [0.25, 0.3) is 0 Å². The van der Waals surface area contributed by atoms with E-state index >= 15 is 0 Å². The van der Waals surface area contributed by atoms with E-state index in [0.717, 1.165) is 0 Å². The summed E-state index contributed by atoms with van der Waals surface area (Å²) >= 11 is 10.1. The molecule has 0 aliphatic carbocycles. The molecule has 0 radical (unpaired) electrons. The van der Waals surface area contributed by atoms with Crippen LogP contribution in [-0.2, 0) is 0 Å². The Morgan fingerprint density at radius 3 is 1.83 bits per heavy atom. The van der Waals surface area contributed by atoms with Crippen LogP contribution in [0.5, 0.6) is 0 Å².